The van der Waals surface area contributed by atoms with Gasteiger partial charge in [-0.25, -0.2) is 13.5 Å². The topological polar surface area (TPSA) is 52.0 Å². The number of nitrogens with zero attached hydrogens (tertiary/aromatic N) is 3. The molecule has 0 amide bonds. The number of anilines is 1. The molecule has 1 N–H and O–H groups in total. The van der Waals surface area contributed by atoms with Gasteiger partial charge in [-0.3, -0.25) is 0 Å². The maximum Gasteiger partial charge on any atom is 0.227 e. The standard InChI is InChI=1S/C25H18F2N4OS/c1-33-25-29-24-28-21-17-7-3-5-9-19(17)32-23(14-10-12-15(26)13-11-14)20(21)22(31(24)30-25)16-6-2-4-8-18(16)27/h2-13,22-23H,1H3,(H,28,29,30)/t22-,23-/m0/s1. The van der Waals surface area contributed by atoms with Crippen LogP contribution in [0.5, 0.6) is 5.75 Å². The van der Waals surface area contributed by atoms with Crippen LogP contribution in [0.25, 0.3) is 5.70 Å². The van der Waals surface area contributed by atoms with E-state index in [2.05, 4.69) is 15.4 Å². The molecule has 0 saturated carbocycles. The van der Waals surface area contributed by atoms with Crippen LogP contribution >= 0.6 is 11.8 Å². The van der Waals surface area contributed by atoms with Crippen molar-refractivity contribution in [1.29, 1.82) is 0 Å². The van der Waals surface area contributed by atoms with Gasteiger partial charge in [0.1, 0.15) is 29.5 Å². The summed E-state index contributed by atoms with van der Waals surface area (Å²) < 4.78 is 37.1. The van der Waals surface area contributed by atoms with E-state index >= 15 is 4.39 Å². The van der Waals surface area contributed by atoms with Crippen LogP contribution in [0.15, 0.2) is 83.5 Å². The van der Waals surface area contributed by atoms with Gasteiger partial charge in [0, 0.05) is 16.7 Å². The van der Waals surface area contributed by atoms with E-state index in [1.54, 1.807) is 35.0 Å². The van der Waals surface area contributed by atoms with Gasteiger partial charge in [-0.05, 0) is 42.2 Å². The number of hydrogen-bond donors (Lipinski definition) is 1. The third kappa shape index (κ3) is 3.21. The molecule has 8 heteroatoms. The summed E-state index contributed by atoms with van der Waals surface area (Å²) in [5, 5.41) is 8.64. The molecule has 0 unspecified atom stereocenters. The van der Waals surface area contributed by atoms with Gasteiger partial charge in [-0.1, -0.05) is 54.2 Å². The number of para-hydroxylation sites is 1. The predicted octanol–water partition coefficient (Wildman–Crippen LogP) is 5.84. The summed E-state index contributed by atoms with van der Waals surface area (Å²) in [5.41, 5.74) is 3.66. The third-order valence-corrected chi connectivity index (χ3v) is 6.45. The Hall–Kier alpha value is -3.65. The largest absolute Gasteiger partial charge is 0.480 e. The summed E-state index contributed by atoms with van der Waals surface area (Å²) in [6, 6.07) is 19.9. The van der Waals surface area contributed by atoms with Crippen molar-refractivity contribution in [2.24, 2.45) is 0 Å². The average Bonchev–Trinajstić information content (AvgIpc) is 3.26. The van der Waals surface area contributed by atoms with Crippen LogP contribution in [-0.2, 0) is 0 Å². The predicted molar refractivity (Wildman–Crippen MR) is 123 cm³/mol. The van der Waals surface area contributed by atoms with Crippen molar-refractivity contribution in [1.82, 2.24) is 14.8 Å². The molecule has 2 aliphatic rings. The van der Waals surface area contributed by atoms with Crippen molar-refractivity contribution in [3.63, 3.8) is 0 Å². The lowest BCUT2D eigenvalue weighted by Gasteiger charge is -2.38. The SMILES string of the molecule is CSc1nc2n(n1)[C@@H](c1ccccc1F)C1=C(N2)c2ccccc2O[C@H]1c1ccc(F)cc1. The minimum atomic E-state index is -0.603. The fourth-order valence-electron chi connectivity index (χ4n) is 4.45. The van der Waals surface area contributed by atoms with Crippen molar-refractivity contribution in [2.45, 2.75) is 17.3 Å². The molecular weight excluding hydrogens is 442 g/mol. The lowest BCUT2D eigenvalue weighted by Crippen LogP contribution is -2.32. The highest BCUT2D eigenvalue weighted by Crippen LogP contribution is 2.51. The second kappa shape index (κ2) is 7.74. The first-order valence-electron chi connectivity index (χ1n) is 10.4. The molecule has 0 fully saturated rings. The Labute approximate surface area is 193 Å². The lowest BCUT2D eigenvalue weighted by atomic mass is 9.84. The Morgan fingerprint density at radius 3 is 2.52 bits per heavy atom. The molecule has 0 aliphatic carbocycles. The number of thioether (sulfide) groups is 1. The third-order valence-electron chi connectivity index (χ3n) is 5.92. The summed E-state index contributed by atoms with van der Waals surface area (Å²) in [6.07, 6.45) is 1.31. The first-order chi connectivity index (χ1) is 16.1. The smallest absolute Gasteiger partial charge is 0.227 e. The summed E-state index contributed by atoms with van der Waals surface area (Å²) in [4.78, 5) is 4.60. The second-order valence-corrected chi connectivity index (χ2v) is 8.57. The van der Waals surface area contributed by atoms with E-state index in [4.69, 9.17) is 4.74 Å². The number of rotatable bonds is 3. The normalized spacial score (nSPS) is 18.6. The average molecular weight is 461 g/mol. The summed E-state index contributed by atoms with van der Waals surface area (Å²) in [6.45, 7) is 0. The molecule has 0 radical (unpaired) electrons. The maximum absolute atomic E-state index is 15.2. The zero-order valence-corrected chi connectivity index (χ0v) is 18.3. The summed E-state index contributed by atoms with van der Waals surface area (Å²) >= 11 is 1.41. The van der Waals surface area contributed by atoms with Gasteiger partial charge in [-0.2, -0.15) is 4.98 Å². The van der Waals surface area contributed by atoms with E-state index in [-0.39, 0.29) is 11.6 Å². The number of benzene rings is 3. The Morgan fingerprint density at radius 2 is 1.73 bits per heavy atom. The second-order valence-electron chi connectivity index (χ2n) is 7.79. The highest BCUT2D eigenvalue weighted by atomic mass is 32.2. The first kappa shape index (κ1) is 20.0. The minimum Gasteiger partial charge on any atom is -0.480 e. The number of aromatic nitrogens is 3. The van der Waals surface area contributed by atoms with E-state index in [9.17, 15) is 4.39 Å². The van der Waals surface area contributed by atoms with E-state index in [0.29, 0.717) is 22.4 Å². The van der Waals surface area contributed by atoms with Crippen molar-refractivity contribution >= 4 is 23.4 Å². The molecule has 6 rings (SSSR count). The summed E-state index contributed by atoms with van der Waals surface area (Å²) in [7, 11) is 0. The fourth-order valence-corrected chi connectivity index (χ4v) is 4.80. The monoisotopic (exact) mass is 460 g/mol. The quantitative estimate of drug-likeness (QED) is 0.390. The Balaban J connectivity index is 1.65. The van der Waals surface area contributed by atoms with Crippen molar-refractivity contribution < 1.29 is 13.5 Å². The van der Waals surface area contributed by atoms with E-state index < -0.39 is 12.1 Å². The van der Waals surface area contributed by atoms with Crippen molar-refractivity contribution in [3.8, 4) is 5.75 Å². The molecule has 3 aromatic carbocycles. The highest BCUT2D eigenvalue weighted by molar-refractivity contribution is 7.98. The molecule has 164 valence electrons. The van der Waals surface area contributed by atoms with Crippen LogP contribution in [0, 0.1) is 11.6 Å². The number of fused-ring (bicyclic) bond motifs is 3. The van der Waals surface area contributed by atoms with Crippen molar-refractivity contribution in [3.05, 3.63) is 107 Å². The zero-order valence-electron chi connectivity index (χ0n) is 17.5. The van der Waals surface area contributed by atoms with Gasteiger partial charge in [0.2, 0.25) is 11.1 Å². The molecule has 1 aromatic heterocycles. The van der Waals surface area contributed by atoms with Gasteiger partial charge in [0.15, 0.2) is 0 Å². The molecule has 0 spiro atoms. The summed E-state index contributed by atoms with van der Waals surface area (Å²) in [5.74, 6) is 0.532. The fraction of sp³-hybridized carbons (Fsp3) is 0.120. The molecule has 3 heterocycles. The van der Waals surface area contributed by atoms with Gasteiger partial charge >= 0.3 is 0 Å². The molecule has 4 aromatic rings. The van der Waals surface area contributed by atoms with E-state index in [0.717, 1.165) is 22.4 Å². The van der Waals surface area contributed by atoms with Crippen LogP contribution in [0.1, 0.15) is 28.8 Å². The van der Waals surface area contributed by atoms with Crippen LogP contribution in [0.2, 0.25) is 0 Å². The molecule has 0 saturated heterocycles. The van der Waals surface area contributed by atoms with Crippen LogP contribution in [-0.4, -0.2) is 21.0 Å². The Morgan fingerprint density at radius 1 is 0.970 bits per heavy atom. The van der Waals surface area contributed by atoms with Crippen LogP contribution in [0.4, 0.5) is 14.7 Å². The zero-order chi connectivity index (χ0) is 22.5. The van der Waals surface area contributed by atoms with Gasteiger partial charge in [0.05, 0.1) is 5.70 Å². The van der Waals surface area contributed by atoms with Gasteiger partial charge < -0.3 is 10.1 Å². The van der Waals surface area contributed by atoms with Gasteiger partial charge in [0.25, 0.3) is 0 Å². The number of nitrogens with one attached hydrogen (secondary N) is 1. The number of hydrogen-bond acceptors (Lipinski definition) is 5. The molecule has 0 bridgehead atoms. The maximum atomic E-state index is 15.2. The molecule has 5 nitrogen and oxygen atoms in total. The molecule has 33 heavy (non-hydrogen) atoms. The van der Waals surface area contributed by atoms with E-state index in [1.165, 1.54) is 30.0 Å². The molecule has 2 atom stereocenters. The number of ether oxygens (including phenoxy) is 1. The Kier molecular flexibility index (Phi) is 4.69. The first-order valence-corrected chi connectivity index (χ1v) is 11.6. The number of halogens is 2. The highest BCUT2D eigenvalue weighted by Gasteiger charge is 2.42. The van der Waals surface area contributed by atoms with Gasteiger partial charge in [-0.15, -0.1) is 5.10 Å². The van der Waals surface area contributed by atoms with Crippen molar-refractivity contribution in [2.75, 3.05) is 11.6 Å². The molecular formula is C25H18F2N4OS. The Bertz CT molecular complexity index is 1400. The van der Waals surface area contributed by atoms with Crippen LogP contribution in [0.3, 0.4) is 0 Å². The molecule has 2 aliphatic heterocycles. The van der Waals surface area contributed by atoms with E-state index in [1.807, 2.05) is 30.5 Å². The minimum absolute atomic E-state index is 0.334. The van der Waals surface area contributed by atoms with Crippen LogP contribution < -0.4 is 10.1 Å². The lowest BCUT2D eigenvalue weighted by molar-refractivity contribution is 0.222.